The van der Waals surface area contributed by atoms with Gasteiger partial charge in [-0.2, -0.15) is 23.3 Å². The van der Waals surface area contributed by atoms with Crippen LogP contribution in [0.4, 0.5) is 13.2 Å². The van der Waals surface area contributed by atoms with E-state index in [2.05, 4.69) is 24.5 Å². The number of hydrogen-bond donors (Lipinski definition) is 1. The molecule has 0 radical (unpaired) electrons. The van der Waals surface area contributed by atoms with E-state index in [1.54, 1.807) is 14.0 Å². The highest BCUT2D eigenvalue weighted by molar-refractivity contribution is 7.89. The Morgan fingerprint density at radius 2 is 2.09 bits per heavy atom. The Kier molecular flexibility index (Phi) is 4.24. The molecular weight excluding hydrogens is 327 g/mol. The van der Waals surface area contributed by atoms with Crippen molar-refractivity contribution in [2.45, 2.75) is 31.0 Å². The summed E-state index contributed by atoms with van der Waals surface area (Å²) in [5.41, 5.74) is 0.346. The van der Waals surface area contributed by atoms with E-state index in [4.69, 9.17) is 0 Å². The highest BCUT2D eigenvalue weighted by Gasteiger charge is 2.38. The SMILES string of the molecule is CCc1nn(C)cc1S(=O)(=O)NCc1noc(C(F)(F)F)n1. The zero-order valence-corrected chi connectivity index (χ0v) is 12.4. The van der Waals surface area contributed by atoms with Gasteiger partial charge in [-0.25, -0.2) is 13.1 Å². The summed E-state index contributed by atoms with van der Waals surface area (Å²) in [4.78, 5) is 3.03. The highest BCUT2D eigenvalue weighted by atomic mass is 32.2. The largest absolute Gasteiger partial charge is 0.471 e. The second-order valence-electron chi connectivity index (χ2n) is 4.31. The lowest BCUT2D eigenvalue weighted by atomic mass is 10.3. The lowest BCUT2D eigenvalue weighted by Crippen LogP contribution is -2.24. The maximum atomic E-state index is 12.3. The molecule has 2 aromatic rings. The summed E-state index contributed by atoms with van der Waals surface area (Å²) in [6.07, 6.45) is -3.08. The maximum absolute atomic E-state index is 12.3. The lowest BCUT2D eigenvalue weighted by Gasteiger charge is -2.03. The van der Waals surface area contributed by atoms with E-state index < -0.39 is 34.5 Å². The van der Waals surface area contributed by atoms with Gasteiger partial charge in [0.25, 0.3) is 0 Å². The molecule has 0 saturated heterocycles. The van der Waals surface area contributed by atoms with Crippen molar-refractivity contribution < 1.29 is 26.1 Å². The van der Waals surface area contributed by atoms with Crippen molar-refractivity contribution in [3.63, 3.8) is 0 Å². The first-order valence-corrected chi connectivity index (χ1v) is 7.53. The van der Waals surface area contributed by atoms with Gasteiger partial charge in [-0.3, -0.25) is 4.68 Å². The molecular formula is C10H12F3N5O3S. The number of nitrogens with one attached hydrogen (secondary N) is 1. The van der Waals surface area contributed by atoms with E-state index in [0.29, 0.717) is 12.1 Å². The molecule has 0 aromatic carbocycles. The van der Waals surface area contributed by atoms with Crippen LogP contribution in [0.2, 0.25) is 0 Å². The van der Waals surface area contributed by atoms with Crippen LogP contribution in [-0.2, 0) is 36.2 Å². The number of halogens is 3. The van der Waals surface area contributed by atoms with Crippen molar-refractivity contribution in [1.29, 1.82) is 0 Å². The van der Waals surface area contributed by atoms with Gasteiger partial charge in [-0.1, -0.05) is 12.1 Å². The fourth-order valence-corrected chi connectivity index (χ4v) is 2.92. The minimum Gasteiger partial charge on any atom is -0.329 e. The zero-order valence-electron chi connectivity index (χ0n) is 11.5. The van der Waals surface area contributed by atoms with Crippen LogP contribution < -0.4 is 4.72 Å². The van der Waals surface area contributed by atoms with Crippen LogP contribution in [0.5, 0.6) is 0 Å². The first-order chi connectivity index (χ1) is 10.1. The average Bonchev–Trinajstić information content (AvgIpc) is 3.02. The molecule has 0 fully saturated rings. The van der Waals surface area contributed by atoms with Crippen LogP contribution in [0.25, 0.3) is 0 Å². The fourth-order valence-electron chi connectivity index (χ4n) is 1.66. The minimum absolute atomic E-state index is 0.0444. The van der Waals surface area contributed by atoms with Gasteiger partial charge in [-0.05, 0) is 6.42 Å². The van der Waals surface area contributed by atoms with E-state index >= 15 is 0 Å². The first-order valence-electron chi connectivity index (χ1n) is 6.05. The summed E-state index contributed by atoms with van der Waals surface area (Å²) < 4.78 is 68.6. The summed E-state index contributed by atoms with van der Waals surface area (Å²) >= 11 is 0. The molecule has 0 aliphatic carbocycles. The minimum atomic E-state index is -4.77. The maximum Gasteiger partial charge on any atom is 0.471 e. The van der Waals surface area contributed by atoms with Crippen LogP contribution in [-0.4, -0.2) is 28.3 Å². The number of alkyl halides is 3. The third kappa shape index (κ3) is 3.44. The highest BCUT2D eigenvalue weighted by Crippen LogP contribution is 2.27. The quantitative estimate of drug-likeness (QED) is 0.867. The fraction of sp³-hybridized carbons (Fsp3) is 0.500. The molecule has 1 N–H and O–H groups in total. The van der Waals surface area contributed by atoms with Crippen LogP contribution in [0.15, 0.2) is 15.6 Å². The predicted molar refractivity (Wildman–Crippen MR) is 65.9 cm³/mol. The molecule has 2 rings (SSSR count). The Balaban J connectivity index is 2.14. The number of aryl methyl sites for hydroxylation is 2. The van der Waals surface area contributed by atoms with Gasteiger partial charge in [0.2, 0.25) is 10.0 Å². The van der Waals surface area contributed by atoms with Gasteiger partial charge in [0.15, 0.2) is 5.82 Å². The van der Waals surface area contributed by atoms with Gasteiger partial charge in [-0.15, -0.1) is 0 Å². The number of sulfonamides is 1. The van der Waals surface area contributed by atoms with Crippen molar-refractivity contribution in [1.82, 2.24) is 24.6 Å². The van der Waals surface area contributed by atoms with Gasteiger partial charge >= 0.3 is 12.1 Å². The molecule has 0 aliphatic rings. The summed E-state index contributed by atoms with van der Waals surface area (Å²) in [5, 5.41) is 7.06. The van der Waals surface area contributed by atoms with Crippen LogP contribution >= 0.6 is 0 Å². The smallest absolute Gasteiger partial charge is 0.329 e. The zero-order chi connectivity index (χ0) is 16.5. The van der Waals surface area contributed by atoms with Gasteiger partial charge in [0.1, 0.15) is 4.90 Å². The van der Waals surface area contributed by atoms with Gasteiger partial charge in [0, 0.05) is 13.2 Å². The Morgan fingerprint density at radius 1 is 1.41 bits per heavy atom. The second kappa shape index (κ2) is 5.68. The number of aromatic nitrogens is 4. The molecule has 0 unspecified atom stereocenters. The van der Waals surface area contributed by atoms with E-state index in [1.165, 1.54) is 10.9 Å². The molecule has 0 atom stereocenters. The topological polar surface area (TPSA) is 103 Å². The third-order valence-corrected chi connectivity index (χ3v) is 4.07. The van der Waals surface area contributed by atoms with Crippen LogP contribution in [0, 0.1) is 0 Å². The molecule has 2 heterocycles. The molecule has 12 heteroatoms. The second-order valence-corrected chi connectivity index (χ2v) is 6.04. The molecule has 8 nitrogen and oxygen atoms in total. The molecule has 122 valence electrons. The Bertz CT molecular complexity index is 765. The van der Waals surface area contributed by atoms with Crippen LogP contribution in [0.1, 0.15) is 24.3 Å². The summed E-state index contributed by atoms with van der Waals surface area (Å²) in [7, 11) is -2.38. The molecule has 0 amide bonds. The summed E-state index contributed by atoms with van der Waals surface area (Å²) in [6.45, 7) is 1.20. The monoisotopic (exact) mass is 339 g/mol. The summed E-state index contributed by atoms with van der Waals surface area (Å²) in [6, 6.07) is 0. The Hall–Kier alpha value is -1.95. The van der Waals surface area contributed by atoms with Crippen molar-refractivity contribution >= 4 is 10.0 Å². The van der Waals surface area contributed by atoms with Gasteiger partial charge in [0.05, 0.1) is 12.2 Å². The number of hydrogen-bond acceptors (Lipinski definition) is 6. The lowest BCUT2D eigenvalue weighted by molar-refractivity contribution is -0.159. The van der Waals surface area contributed by atoms with Crippen molar-refractivity contribution in [2.24, 2.45) is 7.05 Å². The van der Waals surface area contributed by atoms with E-state index in [0.717, 1.165) is 0 Å². The van der Waals surface area contributed by atoms with E-state index in [9.17, 15) is 21.6 Å². The Labute approximate surface area is 123 Å². The third-order valence-electron chi connectivity index (χ3n) is 2.62. The number of nitrogens with zero attached hydrogens (tertiary/aromatic N) is 4. The van der Waals surface area contributed by atoms with E-state index in [-0.39, 0.29) is 4.90 Å². The molecule has 0 saturated carbocycles. The number of rotatable bonds is 5. The standard InChI is InChI=1S/C10H12F3N5O3S/c1-3-6-7(5-18(2)16-6)22(19,20)14-4-8-15-9(21-17-8)10(11,12)13/h5,14H,3-4H2,1-2H3. The molecule has 2 aromatic heterocycles. The molecule has 22 heavy (non-hydrogen) atoms. The molecule has 0 bridgehead atoms. The predicted octanol–water partition coefficient (Wildman–Crippen LogP) is 0.863. The molecule has 0 spiro atoms. The normalized spacial score (nSPS) is 12.8. The van der Waals surface area contributed by atoms with Gasteiger partial charge < -0.3 is 4.52 Å². The van der Waals surface area contributed by atoms with Crippen LogP contribution in [0.3, 0.4) is 0 Å². The van der Waals surface area contributed by atoms with Crippen molar-refractivity contribution in [2.75, 3.05) is 0 Å². The average molecular weight is 339 g/mol. The summed E-state index contributed by atoms with van der Waals surface area (Å²) in [5.74, 6) is -1.95. The first kappa shape index (κ1) is 16.4. The molecule has 0 aliphatic heterocycles. The van der Waals surface area contributed by atoms with E-state index in [1.807, 2.05) is 0 Å². The van der Waals surface area contributed by atoms with Crippen molar-refractivity contribution in [3.8, 4) is 0 Å². The Morgan fingerprint density at radius 3 is 2.64 bits per heavy atom. The van der Waals surface area contributed by atoms with Crippen molar-refractivity contribution in [3.05, 3.63) is 23.6 Å².